The molecule has 6 heteroatoms. The summed E-state index contributed by atoms with van der Waals surface area (Å²) < 4.78 is 16.6. The Morgan fingerprint density at radius 2 is 1.71 bits per heavy atom. The lowest BCUT2D eigenvalue weighted by molar-refractivity contribution is 0.102. The topological polar surface area (TPSA) is 73.6 Å². The number of ether oxygens (including phenoxy) is 2. The van der Waals surface area contributed by atoms with E-state index in [9.17, 15) is 4.79 Å². The molecule has 0 bridgehead atoms. The van der Waals surface area contributed by atoms with Crippen LogP contribution in [0.1, 0.15) is 10.4 Å². The number of benzene rings is 3. The van der Waals surface area contributed by atoms with Crippen molar-refractivity contribution >= 4 is 22.5 Å². The van der Waals surface area contributed by atoms with E-state index in [2.05, 4.69) is 10.5 Å². The molecule has 0 radical (unpaired) electrons. The highest BCUT2D eigenvalue weighted by Gasteiger charge is 2.16. The van der Waals surface area contributed by atoms with Gasteiger partial charge in [-0.1, -0.05) is 35.5 Å². The fourth-order valence-electron chi connectivity index (χ4n) is 3.21. The number of fused-ring (bicyclic) bond motifs is 2. The number of rotatable bonds is 3. The summed E-state index contributed by atoms with van der Waals surface area (Å²) >= 11 is 0. The van der Waals surface area contributed by atoms with Crippen LogP contribution in [0.3, 0.4) is 0 Å². The predicted molar refractivity (Wildman–Crippen MR) is 105 cm³/mol. The van der Waals surface area contributed by atoms with E-state index in [1.807, 2.05) is 36.4 Å². The van der Waals surface area contributed by atoms with E-state index < -0.39 is 0 Å². The fraction of sp³-hybridized carbons (Fsp3) is 0.0909. The number of nitrogens with one attached hydrogen (secondary N) is 1. The molecule has 138 valence electrons. The molecule has 4 aromatic rings. The van der Waals surface area contributed by atoms with Crippen molar-refractivity contribution in [3.63, 3.8) is 0 Å². The lowest BCUT2D eigenvalue weighted by Crippen LogP contribution is -2.16. The maximum atomic E-state index is 12.7. The average Bonchev–Trinajstić information content (AvgIpc) is 3.17. The number of carbonyl (C=O) groups excluding carboxylic acids is 1. The summed E-state index contributed by atoms with van der Waals surface area (Å²) in [5.74, 6) is 1.77. The van der Waals surface area contributed by atoms with E-state index in [4.69, 9.17) is 14.0 Å². The van der Waals surface area contributed by atoms with E-state index in [-0.39, 0.29) is 5.91 Å². The van der Waals surface area contributed by atoms with Gasteiger partial charge in [-0.15, -0.1) is 0 Å². The van der Waals surface area contributed by atoms with Gasteiger partial charge in [0.25, 0.3) is 5.91 Å². The van der Waals surface area contributed by atoms with Gasteiger partial charge in [0, 0.05) is 28.3 Å². The van der Waals surface area contributed by atoms with Gasteiger partial charge in [-0.05, 0) is 30.3 Å². The zero-order valence-corrected chi connectivity index (χ0v) is 14.8. The largest absolute Gasteiger partial charge is 0.486 e. The molecule has 1 aliphatic rings. The van der Waals surface area contributed by atoms with Gasteiger partial charge in [-0.25, -0.2) is 0 Å². The number of anilines is 1. The monoisotopic (exact) mass is 372 g/mol. The molecule has 0 saturated heterocycles. The molecule has 0 unspecified atom stereocenters. The van der Waals surface area contributed by atoms with Crippen molar-refractivity contribution in [3.8, 4) is 22.8 Å². The first kappa shape index (κ1) is 16.4. The molecule has 3 aromatic carbocycles. The SMILES string of the molecule is O=C(Nc1ccc2c(c1)OCCO2)c1ccc2c(-c3ccccc3)onc2c1. The summed E-state index contributed by atoms with van der Waals surface area (Å²) in [5.41, 5.74) is 2.71. The highest BCUT2D eigenvalue weighted by Crippen LogP contribution is 2.33. The number of aromatic nitrogens is 1. The Morgan fingerprint density at radius 3 is 2.57 bits per heavy atom. The van der Waals surface area contributed by atoms with E-state index in [1.165, 1.54) is 0 Å². The summed E-state index contributed by atoms with van der Waals surface area (Å²) in [6.45, 7) is 1.03. The maximum absolute atomic E-state index is 12.7. The molecule has 0 aliphatic carbocycles. The molecule has 0 atom stereocenters. The molecule has 0 saturated carbocycles. The number of carbonyl (C=O) groups is 1. The molecule has 2 heterocycles. The molecule has 0 spiro atoms. The van der Waals surface area contributed by atoms with E-state index in [1.54, 1.807) is 30.3 Å². The predicted octanol–water partition coefficient (Wildman–Crippen LogP) is 4.52. The fourth-order valence-corrected chi connectivity index (χ4v) is 3.21. The lowest BCUT2D eigenvalue weighted by atomic mass is 10.1. The van der Waals surface area contributed by atoms with Crippen LogP contribution in [0, 0.1) is 0 Å². The number of nitrogens with zero attached hydrogens (tertiary/aromatic N) is 1. The summed E-state index contributed by atoms with van der Waals surface area (Å²) in [6.07, 6.45) is 0. The van der Waals surface area contributed by atoms with Gasteiger partial charge < -0.3 is 19.3 Å². The molecule has 0 fully saturated rings. The van der Waals surface area contributed by atoms with Gasteiger partial charge in [0.15, 0.2) is 17.3 Å². The summed E-state index contributed by atoms with van der Waals surface area (Å²) in [6, 6.07) is 20.4. The van der Waals surface area contributed by atoms with E-state index in [0.29, 0.717) is 47.2 Å². The Balaban J connectivity index is 1.41. The lowest BCUT2D eigenvalue weighted by Gasteiger charge is -2.19. The van der Waals surface area contributed by atoms with Crippen molar-refractivity contribution in [2.45, 2.75) is 0 Å². The minimum Gasteiger partial charge on any atom is -0.486 e. The van der Waals surface area contributed by atoms with Crippen molar-refractivity contribution in [2.24, 2.45) is 0 Å². The van der Waals surface area contributed by atoms with Crippen LogP contribution in [0.2, 0.25) is 0 Å². The zero-order chi connectivity index (χ0) is 18.9. The Bertz CT molecular complexity index is 1170. The number of hydrogen-bond donors (Lipinski definition) is 1. The second kappa shape index (κ2) is 6.74. The molecule has 5 rings (SSSR count). The van der Waals surface area contributed by atoms with Gasteiger partial charge in [0.2, 0.25) is 0 Å². The van der Waals surface area contributed by atoms with Crippen LogP contribution in [0.25, 0.3) is 22.2 Å². The van der Waals surface area contributed by atoms with Crippen LogP contribution in [0.5, 0.6) is 11.5 Å². The van der Waals surface area contributed by atoms with Crippen molar-refractivity contribution in [1.29, 1.82) is 0 Å². The van der Waals surface area contributed by atoms with E-state index >= 15 is 0 Å². The highest BCUT2D eigenvalue weighted by molar-refractivity contribution is 6.07. The summed E-state index contributed by atoms with van der Waals surface area (Å²) in [7, 11) is 0. The standard InChI is InChI=1S/C22H16N2O4/c25-22(23-16-7-9-19-20(13-16)27-11-10-26-19)15-6-8-17-18(12-15)24-28-21(17)14-4-2-1-3-5-14/h1-9,12-13H,10-11H2,(H,23,25). The minimum atomic E-state index is -0.233. The summed E-state index contributed by atoms with van der Waals surface area (Å²) in [5, 5.41) is 7.85. The number of amides is 1. The molecule has 1 N–H and O–H groups in total. The average molecular weight is 372 g/mol. The van der Waals surface area contributed by atoms with Crippen LogP contribution >= 0.6 is 0 Å². The van der Waals surface area contributed by atoms with Gasteiger partial charge in [0.1, 0.15) is 18.7 Å². The Hall–Kier alpha value is -3.80. The molecule has 28 heavy (non-hydrogen) atoms. The summed E-state index contributed by atoms with van der Waals surface area (Å²) in [4.78, 5) is 12.7. The second-order valence-corrected chi connectivity index (χ2v) is 6.42. The molecule has 1 amide bonds. The molecule has 6 nitrogen and oxygen atoms in total. The van der Waals surface area contributed by atoms with Crippen LogP contribution < -0.4 is 14.8 Å². The minimum absolute atomic E-state index is 0.233. The van der Waals surface area contributed by atoms with Gasteiger partial charge in [-0.3, -0.25) is 4.79 Å². The smallest absolute Gasteiger partial charge is 0.255 e. The first-order valence-electron chi connectivity index (χ1n) is 8.94. The van der Waals surface area contributed by atoms with Crippen LogP contribution in [0.15, 0.2) is 71.3 Å². The normalized spacial score (nSPS) is 12.7. The molecular weight excluding hydrogens is 356 g/mol. The Morgan fingerprint density at radius 1 is 0.893 bits per heavy atom. The van der Waals surface area contributed by atoms with Crippen molar-refractivity contribution in [3.05, 3.63) is 72.3 Å². The Kier molecular flexibility index (Phi) is 3.94. The van der Waals surface area contributed by atoms with Crippen molar-refractivity contribution in [2.75, 3.05) is 18.5 Å². The van der Waals surface area contributed by atoms with Crippen molar-refractivity contribution < 1.29 is 18.8 Å². The van der Waals surface area contributed by atoms with Crippen LogP contribution in [-0.2, 0) is 0 Å². The number of hydrogen-bond acceptors (Lipinski definition) is 5. The molecule has 1 aliphatic heterocycles. The highest BCUT2D eigenvalue weighted by atomic mass is 16.6. The van der Waals surface area contributed by atoms with Crippen LogP contribution in [-0.4, -0.2) is 24.3 Å². The Labute approximate surface area is 160 Å². The third-order valence-corrected chi connectivity index (χ3v) is 4.58. The third-order valence-electron chi connectivity index (χ3n) is 4.58. The molecular formula is C22H16N2O4. The van der Waals surface area contributed by atoms with Crippen LogP contribution in [0.4, 0.5) is 5.69 Å². The van der Waals surface area contributed by atoms with Crippen molar-refractivity contribution in [1.82, 2.24) is 5.16 Å². The first-order valence-corrected chi connectivity index (χ1v) is 8.94. The maximum Gasteiger partial charge on any atom is 0.255 e. The molecule has 1 aromatic heterocycles. The second-order valence-electron chi connectivity index (χ2n) is 6.42. The first-order chi connectivity index (χ1) is 13.8. The van der Waals surface area contributed by atoms with Gasteiger partial charge in [0.05, 0.1) is 0 Å². The zero-order valence-electron chi connectivity index (χ0n) is 14.8. The van der Waals surface area contributed by atoms with Gasteiger partial charge in [-0.2, -0.15) is 0 Å². The van der Waals surface area contributed by atoms with Gasteiger partial charge >= 0.3 is 0 Å². The third kappa shape index (κ3) is 2.95. The quantitative estimate of drug-likeness (QED) is 0.572. The van der Waals surface area contributed by atoms with E-state index in [0.717, 1.165) is 10.9 Å².